The molecule has 37 heavy (non-hydrogen) atoms. The summed E-state index contributed by atoms with van der Waals surface area (Å²) in [6, 6.07) is 10.2. The number of aromatic nitrogens is 1. The van der Waals surface area contributed by atoms with E-state index in [0.29, 0.717) is 6.07 Å². The largest absolute Gasteiger partial charge is 0.493 e. The average Bonchev–Trinajstić information content (AvgIpc) is 3.29. The summed E-state index contributed by atoms with van der Waals surface area (Å²) in [5, 5.41) is 2.32. The second kappa shape index (κ2) is 9.75. The molecule has 4 rings (SSSR count). The Morgan fingerprint density at radius 1 is 1.08 bits per heavy atom. The highest BCUT2D eigenvalue weighted by Gasteiger charge is 2.67. The summed E-state index contributed by atoms with van der Waals surface area (Å²) in [6.45, 7) is 0. The number of nitrogens with zero attached hydrogens (tertiary/aromatic N) is 1. The van der Waals surface area contributed by atoms with Crippen LogP contribution in [-0.4, -0.2) is 36.2 Å². The lowest BCUT2D eigenvalue weighted by Gasteiger charge is -2.30. The number of alkyl halides is 3. The van der Waals surface area contributed by atoms with E-state index in [2.05, 4.69) is 10.3 Å². The Kier molecular flexibility index (Phi) is 6.84. The number of methoxy groups -OCH3 is 1. The highest BCUT2D eigenvalue weighted by atomic mass is 19.4. The molecule has 0 aliphatic carbocycles. The first-order valence-corrected chi connectivity index (χ1v) is 10.5. The van der Waals surface area contributed by atoms with Crippen molar-refractivity contribution in [3.05, 3.63) is 89.2 Å². The Hall–Kier alpha value is -4.10. The number of carbonyl (C=O) groups excluding carboxylic acids is 2. The molecule has 3 atom stereocenters. The Labute approximate surface area is 206 Å². The number of nitrogens with two attached hydrogens (primary N) is 1. The summed E-state index contributed by atoms with van der Waals surface area (Å²) in [4.78, 5) is 28.4. The van der Waals surface area contributed by atoms with Gasteiger partial charge in [-0.1, -0.05) is 30.3 Å². The highest BCUT2D eigenvalue weighted by Crippen LogP contribution is 2.54. The first-order valence-electron chi connectivity index (χ1n) is 10.5. The summed E-state index contributed by atoms with van der Waals surface area (Å²) in [5.41, 5.74) is 4.00. The zero-order chi connectivity index (χ0) is 27.0. The molecule has 0 unspecified atom stereocenters. The maximum Gasteiger partial charge on any atom is 0.448 e. The van der Waals surface area contributed by atoms with Gasteiger partial charge in [0.2, 0.25) is 5.82 Å². The number of halogens is 5. The standard InChI is InChI=1S/C24H18F5N3O5/c1-35-18-14(7-8-15(25)17(18)26)19-20(22(34)32-13-9-10-31-16(11-13)21(30)33)37-23(36-19,24(27,28)29)12-5-3-2-4-6-12/h2-11,19-20H,1H3,(H2,30,33)(H,31,32,34)/t19-,20+,23+/m0/s1. The number of benzene rings is 2. The predicted molar refractivity (Wildman–Crippen MR) is 117 cm³/mol. The van der Waals surface area contributed by atoms with Gasteiger partial charge >= 0.3 is 6.18 Å². The Bertz CT molecular complexity index is 1340. The van der Waals surface area contributed by atoms with E-state index >= 15 is 0 Å². The number of hydrogen-bond donors (Lipinski definition) is 2. The van der Waals surface area contributed by atoms with Crippen LogP contribution in [0.3, 0.4) is 0 Å². The van der Waals surface area contributed by atoms with Crippen LogP contribution in [0.4, 0.5) is 27.6 Å². The predicted octanol–water partition coefficient (Wildman–Crippen LogP) is 3.98. The molecular weight excluding hydrogens is 505 g/mol. The van der Waals surface area contributed by atoms with Crippen LogP contribution in [0.2, 0.25) is 0 Å². The smallest absolute Gasteiger partial charge is 0.448 e. The number of anilines is 1. The molecule has 1 aliphatic heterocycles. The molecule has 2 aromatic carbocycles. The van der Waals surface area contributed by atoms with E-state index in [-0.39, 0.29) is 11.4 Å². The number of ether oxygens (including phenoxy) is 3. The van der Waals surface area contributed by atoms with Gasteiger partial charge in [0, 0.05) is 23.0 Å². The van der Waals surface area contributed by atoms with Crippen LogP contribution in [0, 0.1) is 11.6 Å². The van der Waals surface area contributed by atoms with E-state index in [4.69, 9.17) is 19.9 Å². The lowest BCUT2D eigenvalue weighted by atomic mass is 10.0. The zero-order valence-corrected chi connectivity index (χ0v) is 18.9. The van der Waals surface area contributed by atoms with Gasteiger partial charge in [-0.15, -0.1) is 0 Å². The van der Waals surface area contributed by atoms with Crippen molar-refractivity contribution < 1.29 is 45.8 Å². The Morgan fingerprint density at radius 3 is 2.41 bits per heavy atom. The molecule has 13 heteroatoms. The maximum absolute atomic E-state index is 14.5. The van der Waals surface area contributed by atoms with Crippen LogP contribution >= 0.6 is 0 Å². The van der Waals surface area contributed by atoms with Crippen molar-refractivity contribution in [2.45, 2.75) is 24.2 Å². The number of nitrogens with one attached hydrogen (secondary N) is 1. The number of rotatable bonds is 6. The normalized spacial score (nSPS) is 21.5. The van der Waals surface area contributed by atoms with Gasteiger partial charge in [-0.3, -0.25) is 14.6 Å². The fourth-order valence-corrected chi connectivity index (χ4v) is 3.85. The van der Waals surface area contributed by atoms with Gasteiger partial charge in [0.15, 0.2) is 17.7 Å². The third kappa shape index (κ3) is 4.70. The third-order valence-electron chi connectivity index (χ3n) is 5.52. The molecule has 1 saturated heterocycles. The molecule has 0 saturated carbocycles. The summed E-state index contributed by atoms with van der Waals surface area (Å²) < 4.78 is 87.5. The van der Waals surface area contributed by atoms with Crippen molar-refractivity contribution in [1.29, 1.82) is 0 Å². The summed E-state index contributed by atoms with van der Waals surface area (Å²) in [6.07, 6.45) is -8.04. The molecule has 1 aliphatic rings. The molecule has 8 nitrogen and oxygen atoms in total. The molecule has 0 spiro atoms. The SMILES string of the molecule is COc1c([C@@H]2O[C@@](c3ccccc3)(C(F)(F)F)O[C@H]2C(=O)Nc2ccnc(C(N)=O)c2)ccc(F)c1F. The summed E-state index contributed by atoms with van der Waals surface area (Å²) in [5.74, 6) is -9.11. The van der Waals surface area contributed by atoms with Crippen LogP contribution in [0.5, 0.6) is 5.75 Å². The lowest BCUT2D eigenvalue weighted by Crippen LogP contribution is -2.44. The number of carbonyl (C=O) groups is 2. The van der Waals surface area contributed by atoms with Crippen molar-refractivity contribution >= 4 is 17.5 Å². The van der Waals surface area contributed by atoms with Gasteiger partial charge in [0.05, 0.1) is 7.11 Å². The summed E-state index contributed by atoms with van der Waals surface area (Å²) in [7, 11) is 0.975. The van der Waals surface area contributed by atoms with Gasteiger partial charge in [-0.2, -0.15) is 17.6 Å². The van der Waals surface area contributed by atoms with Crippen molar-refractivity contribution in [2.75, 3.05) is 12.4 Å². The van der Waals surface area contributed by atoms with Crippen molar-refractivity contribution in [1.82, 2.24) is 4.98 Å². The fourth-order valence-electron chi connectivity index (χ4n) is 3.85. The van der Waals surface area contributed by atoms with Crippen LogP contribution in [0.25, 0.3) is 0 Å². The number of pyridine rings is 1. The quantitative estimate of drug-likeness (QED) is 0.473. The van der Waals surface area contributed by atoms with Gasteiger partial charge < -0.3 is 25.3 Å². The van der Waals surface area contributed by atoms with Gasteiger partial charge in [-0.05, 0) is 24.3 Å². The molecule has 3 aromatic rings. The van der Waals surface area contributed by atoms with Gasteiger partial charge in [0.1, 0.15) is 11.8 Å². The lowest BCUT2D eigenvalue weighted by molar-refractivity contribution is -0.360. The molecule has 2 amide bonds. The first kappa shape index (κ1) is 26.0. The highest BCUT2D eigenvalue weighted by molar-refractivity contribution is 5.97. The molecule has 0 radical (unpaired) electrons. The van der Waals surface area contributed by atoms with Crippen LogP contribution in [-0.2, 0) is 20.1 Å². The van der Waals surface area contributed by atoms with E-state index in [1.54, 1.807) is 0 Å². The fraction of sp³-hybridized carbons (Fsp3) is 0.208. The molecule has 2 heterocycles. The number of amides is 2. The van der Waals surface area contributed by atoms with Crippen molar-refractivity contribution in [3.63, 3.8) is 0 Å². The van der Waals surface area contributed by atoms with E-state index in [9.17, 15) is 31.5 Å². The van der Waals surface area contributed by atoms with Gasteiger partial charge in [0.25, 0.3) is 17.6 Å². The Balaban J connectivity index is 1.83. The second-order valence-corrected chi connectivity index (χ2v) is 7.82. The van der Waals surface area contributed by atoms with Crippen LogP contribution in [0.1, 0.15) is 27.7 Å². The number of hydrogen-bond acceptors (Lipinski definition) is 6. The van der Waals surface area contributed by atoms with E-state index in [1.807, 2.05) is 0 Å². The van der Waals surface area contributed by atoms with E-state index in [1.165, 1.54) is 24.3 Å². The zero-order valence-electron chi connectivity index (χ0n) is 18.9. The van der Waals surface area contributed by atoms with Crippen molar-refractivity contribution in [3.8, 4) is 5.75 Å². The second-order valence-electron chi connectivity index (χ2n) is 7.82. The van der Waals surface area contributed by atoms with Crippen LogP contribution in [0.15, 0.2) is 60.8 Å². The average molecular weight is 523 g/mol. The third-order valence-corrected chi connectivity index (χ3v) is 5.52. The van der Waals surface area contributed by atoms with Crippen molar-refractivity contribution in [2.24, 2.45) is 5.73 Å². The molecular formula is C24H18F5N3O5. The molecule has 0 bridgehead atoms. The minimum atomic E-state index is -5.22. The van der Waals surface area contributed by atoms with E-state index < -0.39 is 64.5 Å². The molecule has 3 N–H and O–H groups in total. The van der Waals surface area contributed by atoms with Gasteiger partial charge in [-0.25, -0.2) is 4.39 Å². The maximum atomic E-state index is 14.5. The summed E-state index contributed by atoms with van der Waals surface area (Å²) >= 11 is 0. The van der Waals surface area contributed by atoms with Crippen LogP contribution < -0.4 is 15.8 Å². The molecule has 1 fully saturated rings. The topological polar surface area (TPSA) is 113 Å². The minimum Gasteiger partial charge on any atom is -0.493 e. The minimum absolute atomic E-state index is 0.0439. The number of primary amides is 1. The monoisotopic (exact) mass is 523 g/mol. The molecule has 194 valence electrons. The first-order chi connectivity index (χ1) is 17.5. The molecule has 1 aromatic heterocycles. The van der Waals surface area contributed by atoms with E-state index in [0.717, 1.165) is 37.6 Å². The Morgan fingerprint density at radius 2 is 1.78 bits per heavy atom.